The highest BCUT2D eigenvalue weighted by molar-refractivity contribution is 5.91. The number of carbonyl (C=O) groups is 1. The number of fused-ring (bicyclic) bond motifs is 1. The molecule has 10 nitrogen and oxygen atoms in total. The van der Waals surface area contributed by atoms with Gasteiger partial charge in [0.15, 0.2) is 5.69 Å². The van der Waals surface area contributed by atoms with Crippen LogP contribution in [0.4, 0.5) is 13.2 Å². The number of hydrogen-bond acceptors (Lipinski definition) is 8. The van der Waals surface area contributed by atoms with E-state index >= 15 is 0 Å². The van der Waals surface area contributed by atoms with Crippen molar-refractivity contribution in [1.82, 2.24) is 34.1 Å². The van der Waals surface area contributed by atoms with Crippen molar-refractivity contribution in [3.8, 4) is 22.9 Å². The number of esters is 1. The van der Waals surface area contributed by atoms with Crippen LogP contribution in [0.2, 0.25) is 0 Å². The Balaban J connectivity index is 1.53. The molecule has 0 N–H and O–H groups in total. The van der Waals surface area contributed by atoms with Gasteiger partial charge in [-0.1, -0.05) is 6.92 Å². The molecule has 0 aliphatic heterocycles. The maximum atomic E-state index is 13.9. The van der Waals surface area contributed by atoms with Crippen molar-refractivity contribution >= 4 is 11.6 Å². The lowest BCUT2D eigenvalue weighted by Crippen LogP contribution is -2.10. The summed E-state index contributed by atoms with van der Waals surface area (Å²) in [6.07, 6.45) is 4.16. The Hall–Kier alpha value is -4.81. The van der Waals surface area contributed by atoms with E-state index in [0.717, 1.165) is 0 Å². The van der Waals surface area contributed by atoms with E-state index in [1.165, 1.54) is 53.5 Å². The molecule has 0 saturated carbocycles. The van der Waals surface area contributed by atoms with E-state index in [4.69, 9.17) is 9.47 Å². The third-order valence-corrected chi connectivity index (χ3v) is 5.75. The van der Waals surface area contributed by atoms with Gasteiger partial charge >= 0.3 is 12.1 Å². The second-order valence-corrected chi connectivity index (χ2v) is 8.12. The van der Waals surface area contributed by atoms with Gasteiger partial charge in [0, 0.05) is 24.8 Å². The molecular weight excluding hydrogens is 503 g/mol. The number of hydrogen-bond donors (Lipinski definition) is 0. The minimum absolute atomic E-state index is 0.0274. The minimum Gasteiger partial charge on any atom is -0.465 e. The molecule has 1 aromatic carbocycles. The number of methoxy groups -OCH3 is 1. The summed E-state index contributed by atoms with van der Waals surface area (Å²) in [5, 5.41) is 3.78. The number of aryl methyl sites for hydroxylation is 1. The van der Waals surface area contributed by atoms with Crippen molar-refractivity contribution in [3.63, 3.8) is 0 Å². The fourth-order valence-electron chi connectivity index (χ4n) is 3.99. The van der Waals surface area contributed by atoms with Gasteiger partial charge in [0.1, 0.15) is 12.1 Å². The third kappa shape index (κ3) is 4.77. The average Bonchev–Trinajstić information content (AvgIpc) is 3.53. The Morgan fingerprint density at radius 3 is 2.66 bits per heavy atom. The molecule has 0 unspecified atom stereocenters. The summed E-state index contributed by atoms with van der Waals surface area (Å²) < 4.78 is 55.2. The molecule has 5 rings (SSSR count). The van der Waals surface area contributed by atoms with Crippen molar-refractivity contribution in [2.24, 2.45) is 0 Å². The predicted molar refractivity (Wildman–Crippen MR) is 128 cm³/mol. The normalized spacial score (nSPS) is 11.6. The quantitative estimate of drug-likeness (QED) is 0.285. The van der Waals surface area contributed by atoms with Crippen LogP contribution in [0.15, 0.2) is 61.6 Å². The van der Waals surface area contributed by atoms with E-state index in [1.54, 1.807) is 24.3 Å². The first-order valence-corrected chi connectivity index (χ1v) is 11.4. The van der Waals surface area contributed by atoms with Crippen molar-refractivity contribution in [3.05, 3.63) is 84.1 Å². The molecule has 13 heteroatoms. The fraction of sp³-hybridized carbons (Fsp3) is 0.200. The number of aromatic nitrogens is 7. The average molecular weight is 523 g/mol. The summed E-state index contributed by atoms with van der Waals surface area (Å²) >= 11 is 0. The molecule has 0 fully saturated rings. The van der Waals surface area contributed by atoms with Gasteiger partial charge in [-0.2, -0.15) is 18.3 Å². The number of alkyl halides is 3. The zero-order valence-electron chi connectivity index (χ0n) is 20.2. The van der Waals surface area contributed by atoms with Crippen LogP contribution in [0.3, 0.4) is 0 Å². The van der Waals surface area contributed by atoms with Crippen molar-refractivity contribution < 1.29 is 27.4 Å². The first-order valence-electron chi connectivity index (χ1n) is 11.4. The number of rotatable bonds is 7. The van der Waals surface area contributed by atoms with Gasteiger partial charge in [-0.25, -0.2) is 24.7 Å². The van der Waals surface area contributed by atoms with Gasteiger partial charge in [0.2, 0.25) is 5.65 Å². The summed E-state index contributed by atoms with van der Waals surface area (Å²) in [6, 6.07) is 6.44. The number of imidazole rings is 1. The minimum atomic E-state index is -4.71. The Morgan fingerprint density at radius 2 is 1.95 bits per heavy atom. The fourth-order valence-corrected chi connectivity index (χ4v) is 3.99. The van der Waals surface area contributed by atoms with E-state index in [1.807, 2.05) is 6.92 Å². The zero-order chi connectivity index (χ0) is 26.9. The monoisotopic (exact) mass is 523 g/mol. The van der Waals surface area contributed by atoms with Gasteiger partial charge in [-0.15, -0.1) is 0 Å². The van der Waals surface area contributed by atoms with E-state index in [0.29, 0.717) is 29.0 Å². The lowest BCUT2D eigenvalue weighted by atomic mass is 10.1. The van der Waals surface area contributed by atoms with Gasteiger partial charge < -0.3 is 9.47 Å². The van der Waals surface area contributed by atoms with Gasteiger partial charge in [0.25, 0.3) is 5.88 Å². The van der Waals surface area contributed by atoms with Crippen LogP contribution < -0.4 is 4.74 Å². The molecule has 0 saturated heterocycles. The predicted octanol–water partition coefficient (Wildman–Crippen LogP) is 4.59. The Labute approximate surface area is 213 Å². The first kappa shape index (κ1) is 24.9. The van der Waals surface area contributed by atoms with Crippen LogP contribution in [0.1, 0.15) is 34.2 Å². The van der Waals surface area contributed by atoms with Crippen LogP contribution in [-0.4, -0.2) is 47.2 Å². The summed E-state index contributed by atoms with van der Waals surface area (Å²) in [7, 11) is 1.30. The zero-order valence-corrected chi connectivity index (χ0v) is 20.2. The van der Waals surface area contributed by atoms with E-state index in [2.05, 4.69) is 25.0 Å². The number of halogens is 3. The van der Waals surface area contributed by atoms with E-state index in [-0.39, 0.29) is 29.3 Å². The molecule has 0 spiro atoms. The lowest BCUT2D eigenvalue weighted by molar-refractivity contribution is -0.141. The number of carbonyl (C=O) groups excluding carboxylic acids is 1. The molecular formula is C25H20F3N7O3. The second kappa shape index (κ2) is 9.92. The molecule has 0 aliphatic carbocycles. The van der Waals surface area contributed by atoms with Gasteiger partial charge in [0.05, 0.1) is 42.4 Å². The first-order chi connectivity index (χ1) is 18.3. The summed E-state index contributed by atoms with van der Waals surface area (Å²) in [6.45, 7) is 1.91. The molecule has 38 heavy (non-hydrogen) atoms. The van der Waals surface area contributed by atoms with Gasteiger partial charge in [-0.3, -0.25) is 9.08 Å². The highest BCUT2D eigenvalue weighted by atomic mass is 19.4. The molecule has 194 valence electrons. The molecule has 4 aromatic heterocycles. The molecule has 5 aromatic rings. The summed E-state index contributed by atoms with van der Waals surface area (Å²) in [5.74, 6) is -0.00545. The van der Waals surface area contributed by atoms with Crippen molar-refractivity contribution in [2.75, 3.05) is 7.11 Å². The molecule has 0 radical (unpaired) electrons. The Morgan fingerprint density at radius 1 is 1.11 bits per heavy atom. The maximum Gasteiger partial charge on any atom is 0.435 e. The molecule has 0 bridgehead atoms. The highest BCUT2D eigenvalue weighted by Gasteiger charge is 2.38. The number of ether oxygens (including phenoxy) is 2. The van der Waals surface area contributed by atoms with Crippen LogP contribution >= 0.6 is 0 Å². The summed E-state index contributed by atoms with van der Waals surface area (Å²) in [4.78, 5) is 28.4. The van der Waals surface area contributed by atoms with Crippen LogP contribution in [0, 0.1) is 0 Å². The molecule has 4 heterocycles. The lowest BCUT2D eigenvalue weighted by Gasteiger charge is -2.10. The smallest absolute Gasteiger partial charge is 0.435 e. The highest BCUT2D eigenvalue weighted by Crippen LogP contribution is 2.37. The standard InChI is InChI=1S/C25H20F3N7O3/c1-3-15-10-17(4-5-18(15)24(36)37-2)38-23-22-31-11-20(35(22)9-8-30-23)19-13-34(33-21(19)25(26,27)28)12-16-6-7-29-14-32-16/h4-11,13-14H,3,12H2,1-2H3. The van der Waals surface area contributed by atoms with Crippen molar-refractivity contribution in [2.45, 2.75) is 26.1 Å². The second-order valence-electron chi connectivity index (χ2n) is 8.12. The van der Waals surface area contributed by atoms with E-state index < -0.39 is 17.8 Å². The SMILES string of the molecule is CCc1cc(Oc2nccn3c(-c4cn(Cc5ccncn5)nc4C(F)(F)F)cnc23)ccc1C(=O)OC. The topological polar surface area (TPSA) is 109 Å². The summed E-state index contributed by atoms with van der Waals surface area (Å²) in [5.41, 5.74) is 0.764. The van der Waals surface area contributed by atoms with Crippen LogP contribution in [-0.2, 0) is 23.9 Å². The number of nitrogens with zero attached hydrogens (tertiary/aromatic N) is 7. The molecule has 0 amide bonds. The Kier molecular flexibility index (Phi) is 6.49. The molecule has 0 aliphatic rings. The van der Waals surface area contributed by atoms with Gasteiger partial charge in [-0.05, 0) is 36.2 Å². The number of benzene rings is 1. The van der Waals surface area contributed by atoms with Crippen molar-refractivity contribution in [1.29, 1.82) is 0 Å². The van der Waals surface area contributed by atoms with E-state index in [9.17, 15) is 18.0 Å². The Bertz CT molecular complexity index is 1610. The molecule has 0 atom stereocenters. The largest absolute Gasteiger partial charge is 0.465 e. The van der Waals surface area contributed by atoms with Crippen LogP contribution in [0.25, 0.3) is 16.9 Å². The maximum absolute atomic E-state index is 13.9. The van der Waals surface area contributed by atoms with Crippen LogP contribution in [0.5, 0.6) is 11.6 Å². The third-order valence-electron chi connectivity index (χ3n) is 5.75.